The summed E-state index contributed by atoms with van der Waals surface area (Å²) in [5.74, 6) is 1.26. The third-order valence-corrected chi connectivity index (χ3v) is 5.63. The molecule has 1 aromatic heterocycles. The van der Waals surface area contributed by atoms with Crippen LogP contribution in [-0.2, 0) is 9.59 Å². The molecule has 2 aromatic carbocycles. The van der Waals surface area contributed by atoms with Crippen molar-refractivity contribution in [3.63, 3.8) is 0 Å². The van der Waals surface area contributed by atoms with Crippen LogP contribution in [0.5, 0.6) is 11.5 Å². The van der Waals surface area contributed by atoms with E-state index in [9.17, 15) is 9.59 Å². The van der Waals surface area contributed by atoms with Gasteiger partial charge in [0.05, 0.1) is 26.3 Å². The van der Waals surface area contributed by atoms with Crippen LogP contribution >= 0.6 is 0 Å². The van der Waals surface area contributed by atoms with Gasteiger partial charge in [-0.15, -0.1) is 0 Å². The number of carbonyl (C=O) groups is 2. The molecule has 0 bridgehead atoms. The molecule has 166 valence electrons. The maximum absolute atomic E-state index is 12.7. The fraction of sp³-hybridized carbons (Fsp3) is 0.292. The highest BCUT2D eigenvalue weighted by Crippen LogP contribution is 2.41. The lowest BCUT2D eigenvalue weighted by Gasteiger charge is -2.12. The van der Waals surface area contributed by atoms with Gasteiger partial charge in [0.15, 0.2) is 11.5 Å². The zero-order valence-electron chi connectivity index (χ0n) is 18.8. The van der Waals surface area contributed by atoms with Crippen LogP contribution in [0, 0.1) is 20.8 Å². The minimum absolute atomic E-state index is 0.0152. The van der Waals surface area contributed by atoms with E-state index in [0.717, 1.165) is 33.6 Å². The maximum Gasteiger partial charge on any atom is 0.251 e. The topological polar surface area (TPSA) is 94.5 Å². The molecule has 2 amide bonds. The summed E-state index contributed by atoms with van der Waals surface area (Å²) < 4.78 is 12.3. The molecule has 0 spiro atoms. The Morgan fingerprint density at radius 1 is 1.09 bits per heavy atom. The predicted molar refractivity (Wildman–Crippen MR) is 122 cm³/mol. The van der Waals surface area contributed by atoms with Gasteiger partial charge in [-0.25, -0.2) is 4.68 Å². The number of aromatic nitrogens is 2. The van der Waals surface area contributed by atoms with E-state index in [4.69, 9.17) is 9.47 Å². The second kappa shape index (κ2) is 8.37. The van der Waals surface area contributed by atoms with Gasteiger partial charge >= 0.3 is 0 Å². The molecule has 8 heteroatoms. The Bertz CT molecular complexity index is 1210. The molecule has 0 saturated carbocycles. The summed E-state index contributed by atoms with van der Waals surface area (Å²) in [5, 5.41) is 10.4. The van der Waals surface area contributed by atoms with E-state index in [1.165, 1.54) is 0 Å². The number of hydrogen-bond acceptors (Lipinski definition) is 5. The van der Waals surface area contributed by atoms with E-state index in [1.807, 2.05) is 57.2 Å². The number of aryl methyl sites for hydroxylation is 3. The first-order valence-electron chi connectivity index (χ1n) is 10.3. The number of ether oxygens (including phenoxy) is 2. The number of methoxy groups -OCH3 is 2. The molecule has 0 radical (unpaired) electrons. The molecule has 1 atom stereocenters. The Labute approximate surface area is 186 Å². The SMILES string of the molecule is COc1ccc(-c2c(C)nn3c2NC(=O)C3CC(=O)Nc2ccc(C)cc2C)cc1OC. The number of anilines is 2. The quantitative estimate of drug-likeness (QED) is 0.611. The molecule has 0 aliphatic carbocycles. The average Bonchev–Trinajstić information content (AvgIpc) is 3.23. The molecule has 32 heavy (non-hydrogen) atoms. The highest BCUT2D eigenvalue weighted by atomic mass is 16.5. The molecule has 0 saturated heterocycles. The number of nitrogens with one attached hydrogen (secondary N) is 2. The van der Waals surface area contributed by atoms with E-state index in [0.29, 0.717) is 17.3 Å². The lowest BCUT2D eigenvalue weighted by Crippen LogP contribution is -2.24. The van der Waals surface area contributed by atoms with Crippen molar-refractivity contribution < 1.29 is 19.1 Å². The number of nitrogens with zero attached hydrogens (tertiary/aromatic N) is 2. The zero-order chi connectivity index (χ0) is 23.0. The molecule has 2 N–H and O–H groups in total. The second-order valence-corrected chi connectivity index (χ2v) is 7.90. The number of benzene rings is 2. The van der Waals surface area contributed by atoms with Gasteiger partial charge in [0.1, 0.15) is 11.9 Å². The fourth-order valence-electron chi connectivity index (χ4n) is 4.05. The van der Waals surface area contributed by atoms with Crippen molar-refractivity contribution >= 4 is 23.3 Å². The number of carbonyl (C=O) groups excluding carboxylic acids is 2. The van der Waals surface area contributed by atoms with Crippen LogP contribution < -0.4 is 20.1 Å². The van der Waals surface area contributed by atoms with E-state index >= 15 is 0 Å². The Morgan fingerprint density at radius 2 is 1.84 bits per heavy atom. The highest BCUT2D eigenvalue weighted by Gasteiger charge is 2.36. The lowest BCUT2D eigenvalue weighted by atomic mass is 10.1. The predicted octanol–water partition coefficient (Wildman–Crippen LogP) is 4.01. The van der Waals surface area contributed by atoms with Crippen LogP contribution in [0.3, 0.4) is 0 Å². The van der Waals surface area contributed by atoms with Crippen molar-refractivity contribution in [2.45, 2.75) is 33.2 Å². The van der Waals surface area contributed by atoms with Crippen LogP contribution in [0.4, 0.5) is 11.5 Å². The molecule has 2 heterocycles. The first-order valence-corrected chi connectivity index (χ1v) is 10.3. The van der Waals surface area contributed by atoms with Gasteiger partial charge in [-0.2, -0.15) is 5.10 Å². The van der Waals surface area contributed by atoms with E-state index in [-0.39, 0.29) is 18.2 Å². The molecule has 8 nitrogen and oxygen atoms in total. The largest absolute Gasteiger partial charge is 0.493 e. The van der Waals surface area contributed by atoms with Crippen molar-refractivity contribution in [1.82, 2.24) is 9.78 Å². The maximum atomic E-state index is 12.7. The van der Waals surface area contributed by atoms with Gasteiger partial charge in [-0.3, -0.25) is 9.59 Å². The Hall–Kier alpha value is -3.81. The van der Waals surface area contributed by atoms with Crippen LogP contribution in [-0.4, -0.2) is 35.8 Å². The minimum Gasteiger partial charge on any atom is -0.493 e. The molecule has 0 fully saturated rings. The van der Waals surface area contributed by atoms with Gasteiger partial charge in [0, 0.05) is 11.3 Å². The number of amides is 2. The van der Waals surface area contributed by atoms with Crippen LogP contribution in [0.25, 0.3) is 11.1 Å². The summed E-state index contributed by atoms with van der Waals surface area (Å²) >= 11 is 0. The summed E-state index contributed by atoms with van der Waals surface area (Å²) in [5.41, 5.74) is 5.20. The smallest absolute Gasteiger partial charge is 0.251 e. The molecule has 1 aliphatic rings. The van der Waals surface area contributed by atoms with Crippen molar-refractivity contribution in [3.05, 3.63) is 53.2 Å². The Kier molecular flexibility index (Phi) is 5.61. The lowest BCUT2D eigenvalue weighted by molar-refractivity contribution is -0.123. The third-order valence-electron chi connectivity index (χ3n) is 5.63. The first-order chi connectivity index (χ1) is 15.3. The minimum atomic E-state index is -0.719. The standard InChI is InChI=1S/C24H26N4O4/c1-13-6-8-17(14(2)10-13)25-21(29)12-18-24(30)26-23-22(15(3)27-28(18)23)16-7-9-19(31-4)20(11-16)32-5/h6-11,18H,12H2,1-5H3,(H,25,29)(H,26,30). The number of rotatable bonds is 6. The van der Waals surface area contributed by atoms with Crippen LogP contribution in [0.15, 0.2) is 36.4 Å². The number of hydrogen-bond donors (Lipinski definition) is 2. The van der Waals surface area contributed by atoms with E-state index in [1.54, 1.807) is 18.9 Å². The molecule has 3 aromatic rings. The normalized spacial score (nSPS) is 14.7. The van der Waals surface area contributed by atoms with Crippen molar-refractivity contribution in [2.75, 3.05) is 24.9 Å². The van der Waals surface area contributed by atoms with Gasteiger partial charge in [0.25, 0.3) is 5.91 Å². The number of fused-ring (bicyclic) bond motifs is 1. The van der Waals surface area contributed by atoms with Gasteiger partial charge in [0.2, 0.25) is 5.91 Å². The van der Waals surface area contributed by atoms with Crippen molar-refractivity contribution in [1.29, 1.82) is 0 Å². The summed E-state index contributed by atoms with van der Waals surface area (Å²) in [4.78, 5) is 25.4. The fourth-order valence-corrected chi connectivity index (χ4v) is 4.05. The van der Waals surface area contributed by atoms with Crippen LogP contribution in [0.2, 0.25) is 0 Å². The third kappa shape index (κ3) is 3.79. The molecule has 1 aliphatic heterocycles. The first kappa shape index (κ1) is 21.4. The molecular weight excluding hydrogens is 408 g/mol. The van der Waals surface area contributed by atoms with Crippen molar-refractivity contribution in [3.8, 4) is 22.6 Å². The summed E-state index contributed by atoms with van der Waals surface area (Å²) in [6, 6.07) is 10.6. The Morgan fingerprint density at radius 3 is 2.53 bits per heavy atom. The summed E-state index contributed by atoms with van der Waals surface area (Å²) in [7, 11) is 3.15. The van der Waals surface area contributed by atoms with Gasteiger partial charge in [-0.1, -0.05) is 23.8 Å². The Balaban J connectivity index is 1.60. The molecule has 4 rings (SSSR count). The highest BCUT2D eigenvalue weighted by molar-refractivity contribution is 6.04. The second-order valence-electron chi connectivity index (χ2n) is 7.90. The van der Waals surface area contributed by atoms with Gasteiger partial charge < -0.3 is 20.1 Å². The average molecular weight is 434 g/mol. The summed E-state index contributed by atoms with van der Waals surface area (Å²) in [6.07, 6.45) is -0.0152. The van der Waals surface area contributed by atoms with E-state index in [2.05, 4.69) is 15.7 Å². The molecular formula is C24H26N4O4. The van der Waals surface area contributed by atoms with Gasteiger partial charge in [-0.05, 0) is 50.1 Å². The zero-order valence-corrected chi connectivity index (χ0v) is 18.8. The van der Waals surface area contributed by atoms with Crippen LogP contribution in [0.1, 0.15) is 29.3 Å². The molecule has 1 unspecified atom stereocenters. The van der Waals surface area contributed by atoms with E-state index < -0.39 is 6.04 Å². The van der Waals surface area contributed by atoms with Crippen molar-refractivity contribution in [2.24, 2.45) is 0 Å². The summed E-state index contributed by atoms with van der Waals surface area (Å²) in [6.45, 7) is 5.81. The monoisotopic (exact) mass is 434 g/mol.